The Morgan fingerprint density at radius 2 is 1.61 bits per heavy atom. The molecular weight excluding hydrogens is 420 g/mol. The quantitative estimate of drug-likeness (QED) is 0.570. The summed E-state index contributed by atoms with van der Waals surface area (Å²) < 4.78 is 5.59. The average Bonchev–Trinajstić information content (AvgIpc) is 3.46. The van der Waals surface area contributed by atoms with Crippen molar-refractivity contribution in [3.63, 3.8) is 0 Å². The molecule has 3 aliphatic carbocycles. The van der Waals surface area contributed by atoms with Crippen LogP contribution in [0.4, 0.5) is 4.79 Å². The molecule has 172 valence electrons. The highest BCUT2D eigenvalue weighted by molar-refractivity contribution is 5.93. The van der Waals surface area contributed by atoms with E-state index in [0.717, 1.165) is 41.5 Å². The highest BCUT2D eigenvalue weighted by Gasteiger charge is 2.52. The van der Waals surface area contributed by atoms with Crippen molar-refractivity contribution >= 4 is 18.0 Å². The van der Waals surface area contributed by atoms with Crippen molar-refractivity contribution in [2.75, 3.05) is 6.61 Å². The van der Waals surface area contributed by atoms with Crippen molar-refractivity contribution in [3.8, 4) is 11.1 Å². The van der Waals surface area contributed by atoms with Crippen LogP contribution in [0.3, 0.4) is 0 Å². The number of aliphatic carboxylic acids is 1. The molecule has 0 saturated heterocycles. The Labute approximate surface area is 192 Å². The van der Waals surface area contributed by atoms with Crippen molar-refractivity contribution in [3.05, 3.63) is 59.7 Å². The molecule has 0 heterocycles. The highest BCUT2D eigenvalue weighted by Crippen LogP contribution is 2.44. The zero-order valence-corrected chi connectivity index (χ0v) is 18.4. The van der Waals surface area contributed by atoms with Gasteiger partial charge >= 0.3 is 12.1 Å². The maximum Gasteiger partial charge on any atom is 0.408 e. The Bertz CT molecular complexity index is 1040. The maximum atomic E-state index is 12.9. The first-order valence-electron chi connectivity index (χ1n) is 11.6. The number of rotatable bonds is 8. The number of hydrogen-bond acceptors (Lipinski definition) is 4. The minimum atomic E-state index is -0.997. The van der Waals surface area contributed by atoms with Gasteiger partial charge in [-0.15, -0.1) is 0 Å². The summed E-state index contributed by atoms with van der Waals surface area (Å²) in [6.45, 7) is 0.182. The van der Waals surface area contributed by atoms with E-state index in [1.54, 1.807) is 0 Å². The zero-order valence-electron chi connectivity index (χ0n) is 18.4. The second kappa shape index (κ2) is 8.54. The lowest BCUT2D eigenvalue weighted by Gasteiger charge is -2.34. The van der Waals surface area contributed by atoms with E-state index in [4.69, 9.17) is 4.74 Å². The fourth-order valence-corrected chi connectivity index (χ4v) is 5.04. The summed E-state index contributed by atoms with van der Waals surface area (Å²) in [5.74, 6) is -1.10. The van der Waals surface area contributed by atoms with Crippen molar-refractivity contribution in [2.24, 2.45) is 5.92 Å². The molecule has 1 unspecified atom stereocenters. The second-order valence-corrected chi connectivity index (χ2v) is 9.40. The SMILES string of the molecule is O=C(O)CC(NC(=O)C1(NC(=O)OCC2c3ccccc3-c3ccccc32)CC1)C1CCC1. The van der Waals surface area contributed by atoms with Gasteiger partial charge < -0.3 is 20.5 Å². The van der Waals surface area contributed by atoms with Gasteiger partial charge in [-0.05, 0) is 53.9 Å². The molecule has 0 radical (unpaired) electrons. The van der Waals surface area contributed by atoms with E-state index in [2.05, 4.69) is 34.9 Å². The monoisotopic (exact) mass is 448 g/mol. The van der Waals surface area contributed by atoms with E-state index in [9.17, 15) is 19.5 Å². The van der Waals surface area contributed by atoms with Gasteiger partial charge in [-0.1, -0.05) is 55.0 Å². The summed E-state index contributed by atoms with van der Waals surface area (Å²) in [5.41, 5.74) is 3.56. The van der Waals surface area contributed by atoms with Crippen molar-refractivity contribution in [1.29, 1.82) is 0 Å². The lowest BCUT2D eigenvalue weighted by molar-refractivity contribution is -0.138. The van der Waals surface area contributed by atoms with Crippen molar-refractivity contribution in [2.45, 2.75) is 56.0 Å². The van der Waals surface area contributed by atoms with Crippen LogP contribution in [0, 0.1) is 5.92 Å². The van der Waals surface area contributed by atoms with E-state index in [1.165, 1.54) is 0 Å². The number of alkyl carbamates (subject to hydrolysis) is 1. The highest BCUT2D eigenvalue weighted by atomic mass is 16.5. The Morgan fingerprint density at radius 1 is 1.00 bits per heavy atom. The molecule has 3 N–H and O–H groups in total. The average molecular weight is 449 g/mol. The summed E-state index contributed by atoms with van der Waals surface area (Å²) in [6, 6.07) is 15.8. The molecular formula is C26H28N2O5. The van der Waals surface area contributed by atoms with Gasteiger partial charge in [0.25, 0.3) is 0 Å². The van der Waals surface area contributed by atoms with Crippen LogP contribution in [0.1, 0.15) is 55.6 Å². The third-order valence-corrected chi connectivity index (χ3v) is 7.30. The van der Waals surface area contributed by atoms with Gasteiger partial charge in [0.1, 0.15) is 12.1 Å². The molecule has 2 saturated carbocycles. The zero-order chi connectivity index (χ0) is 23.0. The van der Waals surface area contributed by atoms with E-state index in [1.807, 2.05) is 24.3 Å². The van der Waals surface area contributed by atoms with Gasteiger partial charge in [0.2, 0.25) is 5.91 Å². The van der Waals surface area contributed by atoms with Gasteiger partial charge in [0, 0.05) is 12.0 Å². The number of amides is 2. The maximum absolute atomic E-state index is 12.9. The van der Waals surface area contributed by atoms with E-state index >= 15 is 0 Å². The molecule has 0 spiro atoms. The van der Waals surface area contributed by atoms with Crippen LogP contribution < -0.4 is 10.6 Å². The molecule has 0 aromatic heterocycles. The molecule has 0 aliphatic heterocycles. The second-order valence-electron chi connectivity index (χ2n) is 9.40. The third-order valence-electron chi connectivity index (χ3n) is 7.30. The van der Waals surface area contributed by atoms with Crippen LogP contribution in [0.2, 0.25) is 0 Å². The predicted molar refractivity (Wildman–Crippen MR) is 122 cm³/mol. The van der Waals surface area contributed by atoms with Crippen molar-refractivity contribution in [1.82, 2.24) is 10.6 Å². The smallest absolute Gasteiger partial charge is 0.408 e. The van der Waals surface area contributed by atoms with E-state index < -0.39 is 23.6 Å². The van der Waals surface area contributed by atoms with E-state index in [-0.39, 0.29) is 30.8 Å². The van der Waals surface area contributed by atoms with Crippen LogP contribution in [0.5, 0.6) is 0 Å². The first-order valence-corrected chi connectivity index (χ1v) is 11.6. The number of carboxylic acid groups (broad SMARTS) is 1. The largest absolute Gasteiger partial charge is 0.481 e. The summed E-state index contributed by atoms with van der Waals surface area (Å²) in [6.07, 6.45) is 3.22. The van der Waals surface area contributed by atoms with E-state index in [0.29, 0.717) is 12.8 Å². The van der Waals surface area contributed by atoms with Gasteiger partial charge in [-0.25, -0.2) is 4.79 Å². The molecule has 7 nitrogen and oxygen atoms in total. The first-order chi connectivity index (χ1) is 16.0. The Morgan fingerprint density at radius 3 is 2.12 bits per heavy atom. The Balaban J connectivity index is 1.21. The summed E-state index contributed by atoms with van der Waals surface area (Å²) >= 11 is 0. The molecule has 33 heavy (non-hydrogen) atoms. The van der Waals surface area contributed by atoms with Crippen LogP contribution >= 0.6 is 0 Å². The number of benzene rings is 2. The fraction of sp³-hybridized carbons (Fsp3) is 0.423. The summed E-state index contributed by atoms with van der Waals surface area (Å²) in [5, 5.41) is 14.8. The Kier molecular flexibility index (Phi) is 5.56. The molecule has 2 aromatic carbocycles. The number of carboxylic acids is 1. The van der Waals surface area contributed by atoms with Crippen molar-refractivity contribution < 1.29 is 24.2 Å². The summed E-state index contributed by atoms with van der Waals surface area (Å²) in [7, 11) is 0. The molecule has 2 amide bonds. The van der Waals surface area contributed by atoms with Gasteiger partial charge in [-0.2, -0.15) is 0 Å². The lowest BCUT2D eigenvalue weighted by atomic mass is 9.78. The van der Waals surface area contributed by atoms with Crippen LogP contribution in [0.15, 0.2) is 48.5 Å². The molecule has 2 fully saturated rings. The molecule has 2 aromatic rings. The Hall–Kier alpha value is -3.35. The molecule has 3 aliphatic rings. The minimum absolute atomic E-state index is 0.0503. The number of fused-ring (bicyclic) bond motifs is 3. The lowest BCUT2D eigenvalue weighted by Crippen LogP contribution is -2.54. The molecule has 5 rings (SSSR count). The predicted octanol–water partition coefficient (Wildman–Crippen LogP) is 3.82. The molecule has 0 bridgehead atoms. The standard InChI is InChI=1S/C26H28N2O5/c29-23(30)14-22(16-6-5-7-16)27-24(31)26(12-13-26)28-25(32)33-15-21-19-10-3-1-8-17(19)18-9-2-4-11-20(18)21/h1-4,8-11,16,21-22H,5-7,12-15H2,(H,27,31)(H,28,32)(H,29,30). The fourth-order valence-electron chi connectivity index (χ4n) is 5.04. The number of ether oxygens (including phenoxy) is 1. The topological polar surface area (TPSA) is 105 Å². The van der Waals surface area contributed by atoms with Gasteiger partial charge in [0.05, 0.1) is 6.42 Å². The number of nitrogens with one attached hydrogen (secondary N) is 2. The summed E-state index contributed by atoms with van der Waals surface area (Å²) in [4.78, 5) is 36.8. The number of carbonyl (C=O) groups excluding carboxylic acids is 2. The first kappa shape index (κ1) is 21.5. The normalized spacial score (nSPS) is 18.9. The number of hydrogen-bond donors (Lipinski definition) is 3. The van der Waals surface area contributed by atoms with Crippen LogP contribution in [-0.4, -0.2) is 41.3 Å². The van der Waals surface area contributed by atoms with Gasteiger partial charge in [-0.3, -0.25) is 9.59 Å². The number of carbonyl (C=O) groups is 3. The van der Waals surface area contributed by atoms with Crippen LogP contribution in [-0.2, 0) is 14.3 Å². The molecule has 1 atom stereocenters. The molecule has 7 heteroatoms. The van der Waals surface area contributed by atoms with Gasteiger partial charge in [0.15, 0.2) is 0 Å². The van der Waals surface area contributed by atoms with Crippen LogP contribution in [0.25, 0.3) is 11.1 Å². The minimum Gasteiger partial charge on any atom is -0.481 e. The third kappa shape index (κ3) is 4.19.